The molecule has 1 amide bonds. The Bertz CT molecular complexity index is 1190. The monoisotopic (exact) mass is 445 g/mol. The lowest BCUT2D eigenvalue weighted by Crippen LogP contribution is -2.48. The molecule has 0 radical (unpaired) electrons. The summed E-state index contributed by atoms with van der Waals surface area (Å²) < 4.78 is 8.60. The lowest BCUT2D eigenvalue weighted by molar-refractivity contribution is 0.0619. The molecule has 4 aromatic rings. The number of hydrogen-bond acceptors (Lipinski definition) is 4. The third-order valence-corrected chi connectivity index (χ3v) is 7.00. The van der Waals surface area contributed by atoms with Crippen molar-refractivity contribution in [2.24, 2.45) is 0 Å². The number of carbonyl (C=O) groups excluding carboxylic acids is 1. The quantitative estimate of drug-likeness (QED) is 0.431. The van der Waals surface area contributed by atoms with Gasteiger partial charge in [0.2, 0.25) is 0 Å². The fourth-order valence-electron chi connectivity index (χ4n) is 4.35. The fraction of sp³-hybridized carbons (Fsp3) is 0.269. The summed E-state index contributed by atoms with van der Waals surface area (Å²) >= 11 is 1.68. The van der Waals surface area contributed by atoms with Crippen molar-refractivity contribution < 1.29 is 9.53 Å². The van der Waals surface area contributed by atoms with Crippen molar-refractivity contribution in [2.75, 3.05) is 33.3 Å². The third kappa shape index (κ3) is 4.29. The van der Waals surface area contributed by atoms with Crippen LogP contribution in [0.25, 0.3) is 10.2 Å². The number of thiophene rings is 1. The van der Waals surface area contributed by atoms with Crippen LogP contribution in [0, 0.1) is 0 Å². The molecule has 1 aliphatic rings. The van der Waals surface area contributed by atoms with Crippen LogP contribution in [0.5, 0.6) is 5.75 Å². The summed E-state index contributed by atoms with van der Waals surface area (Å²) in [6.07, 6.45) is 0. The Balaban J connectivity index is 1.31. The van der Waals surface area contributed by atoms with E-state index < -0.39 is 0 Å². The number of methoxy groups -OCH3 is 1. The van der Waals surface area contributed by atoms with Gasteiger partial charge in [-0.3, -0.25) is 9.69 Å². The molecule has 0 unspecified atom stereocenters. The first-order chi connectivity index (χ1) is 15.7. The maximum absolute atomic E-state index is 13.5. The summed E-state index contributed by atoms with van der Waals surface area (Å²) in [6, 6.07) is 22.8. The predicted molar refractivity (Wildman–Crippen MR) is 130 cm³/mol. The van der Waals surface area contributed by atoms with Gasteiger partial charge in [-0.2, -0.15) is 0 Å². The van der Waals surface area contributed by atoms with Crippen LogP contribution in [0.15, 0.2) is 72.1 Å². The second-order valence-electron chi connectivity index (χ2n) is 8.19. The highest BCUT2D eigenvalue weighted by molar-refractivity contribution is 7.17. The largest absolute Gasteiger partial charge is 0.497 e. The number of carbonyl (C=O) groups is 1. The number of benzene rings is 2. The van der Waals surface area contributed by atoms with E-state index in [2.05, 4.69) is 63.4 Å². The standard InChI is InChI=1S/C26H27N3O2S/c1-31-22-9-7-21(8-10-22)19-29-23-11-16-32-25(23)17-24(29)26(30)28-14-12-27(13-15-28)18-20-5-3-2-4-6-20/h2-11,16-17H,12-15,18-19H2,1H3. The molecular weight excluding hydrogens is 418 g/mol. The van der Waals surface area contributed by atoms with Crippen molar-refractivity contribution in [3.63, 3.8) is 0 Å². The van der Waals surface area contributed by atoms with E-state index in [1.54, 1.807) is 18.4 Å². The number of piperazine rings is 1. The topological polar surface area (TPSA) is 37.7 Å². The first-order valence-electron chi connectivity index (χ1n) is 11.0. The minimum absolute atomic E-state index is 0.126. The first kappa shape index (κ1) is 20.8. The molecule has 6 heteroatoms. The Morgan fingerprint density at radius 3 is 2.34 bits per heavy atom. The number of hydrogen-bond donors (Lipinski definition) is 0. The molecule has 5 rings (SSSR count). The van der Waals surface area contributed by atoms with E-state index in [9.17, 15) is 4.79 Å². The second kappa shape index (κ2) is 9.18. The summed E-state index contributed by atoms with van der Waals surface area (Å²) in [5.74, 6) is 0.966. The highest BCUT2D eigenvalue weighted by Gasteiger charge is 2.25. The molecule has 32 heavy (non-hydrogen) atoms. The Hall–Kier alpha value is -3.09. The van der Waals surface area contributed by atoms with Crippen molar-refractivity contribution in [3.8, 4) is 5.75 Å². The molecule has 0 N–H and O–H groups in total. The molecule has 3 heterocycles. The van der Waals surface area contributed by atoms with E-state index in [0.717, 1.165) is 59.9 Å². The van der Waals surface area contributed by atoms with E-state index >= 15 is 0 Å². The van der Waals surface area contributed by atoms with E-state index in [4.69, 9.17) is 4.74 Å². The van der Waals surface area contributed by atoms with Gasteiger partial charge < -0.3 is 14.2 Å². The molecule has 5 nitrogen and oxygen atoms in total. The zero-order chi connectivity index (χ0) is 21.9. The smallest absolute Gasteiger partial charge is 0.270 e. The van der Waals surface area contributed by atoms with Crippen LogP contribution in [-0.4, -0.2) is 53.6 Å². The van der Waals surface area contributed by atoms with Gasteiger partial charge in [0.1, 0.15) is 11.4 Å². The molecule has 2 aromatic heterocycles. The maximum Gasteiger partial charge on any atom is 0.270 e. The number of aromatic nitrogens is 1. The van der Waals surface area contributed by atoms with Crippen LogP contribution < -0.4 is 4.74 Å². The molecule has 1 fully saturated rings. The van der Waals surface area contributed by atoms with Crippen molar-refractivity contribution in [3.05, 3.63) is 88.9 Å². The van der Waals surface area contributed by atoms with E-state index in [1.165, 1.54) is 5.56 Å². The Kier molecular flexibility index (Phi) is 5.97. The van der Waals surface area contributed by atoms with Gasteiger partial charge in [-0.05, 0) is 40.8 Å². The SMILES string of the molecule is COc1ccc(Cn2c(C(=O)N3CCN(Cc4ccccc4)CC3)cc3sccc32)cc1. The maximum atomic E-state index is 13.5. The highest BCUT2D eigenvalue weighted by atomic mass is 32.1. The Morgan fingerprint density at radius 1 is 0.906 bits per heavy atom. The van der Waals surface area contributed by atoms with Crippen LogP contribution in [0.4, 0.5) is 0 Å². The van der Waals surface area contributed by atoms with Crippen LogP contribution in [0.2, 0.25) is 0 Å². The Labute approximate surface area is 192 Å². The highest BCUT2D eigenvalue weighted by Crippen LogP contribution is 2.28. The number of ether oxygens (including phenoxy) is 1. The molecule has 1 saturated heterocycles. The van der Waals surface area contributed by atoms with Gasteiger partial charge in [-0.15, -0.1) is 11.3 Å². The van der Waals surface area contributed by atoms with Crippen LogP contribution in [0.3, 0.4) is 0 Å². The van der Waals surface area contributed by atoms with Gasteiger partial charge in [0, 0.05) is 39.3 Å². The van der Waals surface area contributed by atoms with Gasteiger partial charge in [0.25, 0.3) is 5.91 Å². The summed E-state index contributed by atoms with van der Waals surface area (Å²) in [5.41, 5.74) is 4.37. The van der Waals surface area contributed by atoms with E-state index in [1.807, 2.05) is 23.1 Å². The second-order valence-corrected chi connectivity index (χ2v) is 9.14. The Morgan fingerprint density at radius 2 is 1.62 bits per heavy atom. The molecule has 0 saturated carbocycles. The molecule has 1 aliphatic heterocycles. The number of fused-ring (bicyclic) bond motifs is 1. The molecule has 0 spiro atoms. The molecule has 0 bridgehead atoms. The minimum Gasteiger partial charge on any atom is -0.497 e. The zero-order valence-corrected chi connectivity index (χ0v) is 19.1. The molecule has 0 aliphatic carbocycles. The molecule has 2 aromatic carbocycles. The average Bonchev–Trinajstić information content (AvgIpc) is 3.43. The van der Waals surface area contributed by atoms with Gasteiger partial charge in [-0.25, -0.2) is 0 Å². The predicted octanol–water partition coefficient (Wildman–Crippen LogP) is 4.72. The summed E-state index contributed by atoms with van der Waals surface area (Å²) in [5, 5.41) is 2.09. The van der Waals surface area contributed by atoms with Crippen molar-refractivity contribution in [1.29, 1.82) is 0 Å². The van der Waals surface area contributed by atoms with Crippen molar-refractivity contribution >= 4 is 27.5 Å². The molecule has 0 atom stereocenters. The van der Waals surface area contributed by atoms with Crippen LogP contribution in [-0.2, 0) is 13.1 Å². The van der Waals surface area contributed by atoms with Gasteiger partial charge in [-0.1, -0.05) is 42.5 Å². The van der Waals surface area contributed by atoms with Gasteiger partial charge in [0.15, 0.2) is 0 Å². The first-order valence-corrected chi connectivity index (χ1v) is 11.8. The van der Waals surface area contributed by atoms with Crippen LogP contribution >= 0.6 is 11.3 Å². The third-order valence-electron chi connectivity index (χ3n) is 6.15. The number of amides is 1. The van der Waals surface area contributed by atoms with Crippen molar-refractivity contribution in [2.45, 2.75) is 13.1 Å². The van der Waals surface area contributed by atoms with Crippen LogP contribution in [0.1, 0.15) is 21.6 Å². The normalized spacial score (nSPS) is 14.7. The van der Waals surface area contributed by atoms with Crippen molar-refractivity contribution in [1.82, 2.24) is 14.4 Å². The number of nitrogens with zero attached hydrogens (tertiary/aromatic N) is 3. The van der Waals surface area contributed by atoms with E-state index in [-0.39, 0.29) is 5.91 Å². The number of rotatable bonds is 6. The summed E-state index contributed by atoms with van der Waals surface area (Å²) in [6.45, 7) is 4.91. The molecular formula is C26H27N3O2S. The fourth-order valence-corrected chi connectivity index (χ4v) is 5.17. The average molecular weight is 446 g/mol. The van der Waals surface area contributed by atoms with Gasteiger partial charge in [0.05, 0.1) is 17.3 Å². The molecule has 164 valence electrons. The lowest BCUT2D eigenvalue weighted by atomic mass is 10.2. The van der Waals surface area contributed by atoms with Gasteiger partial charge >= 0.3 is 0 Å². The summed E-state index contributed by atoms with van der Waals surface area (Å²) in [4.78, 5) is 17.9. The zero-order valence-electron chi connectivity index (χ0n) is 18.2. The lowest BCUT2D eigenvalue weighted by Gasteiger charge is -2.35. The minimum atomic E-state index is 0.126. The van der Waals surface area contributed by atoms with E-state index in [0.29, 0.717) is 6.54 Å². The summed E-state index contributed by atoms with van der Waals surface area (Å²) in [7, 11) is 1.67.